The molecule has 0 amide bonds. The molecule has 0 aliphatic rings. The highest BCUT2D eigenvalue weighted by Gasteiger charge is 2.30. The number of methoxy groups -OCH3 is 3. The molecule has 0 atom stereocenters. The maximum Gasteiger partial charge on any atom is 0.416 e. The van der Waals surface area contributed by atoms with E-state index in [1.54, 1.807) is 30.1 Å². The minimum atomic E-state index is -4.39. The molecule has 3 rings (SSSR count). The van der Waals surface area contributed by atoms with Crippen molar-refractivity contribution >= 4 is 0 Å². The van der Waals surface area contributed by atoms with E-state index >= 15 is 0 Å². The fourth-order valence-corrected chi connectivity index (χ4v) is 3.02. The average Bonchev–Trinajstić information content (AvgIpc) is 3.07. The summed E-state index contributed by atoms with van der Waals surface area (Å²) in [6.07, 6.45) is -2.78. The van der Waals surface area contributed by atoms with Crippen LogP contribution in [0.25, 0.3) is 22.5 Å². The highest BCUT2D eigenvalue weighted by molar-refractivity contribution is 5.81. The van der Waals surface area contributed by atoms with Crippen LogP contribution in [0.1, 0.15) is 5.56 Å². The van der Waals surface area contributed by atoms with Crippen LogP contribution in [0, 0.1) is 0 Å². The zero-order valence-corrected chi connectivity index (χ0v) is 15.8. The monoisotopic (exact) mass is 392 g/mol. The molecular formula is C20H19F3N2O3. The Morgan fingerprint density at radius 2 is 1.43 bits per heavy atom. The number of benzene rings is 2. The van der Waals surface area contributed by atoms with Crippen molar-refractivity contribution in [1.82, 2.24) is 9.55 Å². The molecule has 0 saturated heterocycles. The smallest absolute Gasteiger partial charge is 0.416 e. The molecule has 0 unspecified atom stereocenters. The number of imidazole rings is 1. The summed E-state index contributed by atoms with van der Waals surface area (Å²) >= 11 is 0. The number of nitrogens with zero attached hydrogens (tertiary/aromatic N) is 2. The van der Waals surface area contributed by atoms with Crippen LogP contribution in [-0.2, 0) is 13.2 Å². The number of aryl methyl sites for hydroxylation is 1. The highest BCUT2D eigenvalue weighted by Crippen LogP contribution is 2.43. The molecule has 5 nitrogen and oxygen atoms in total. The minimum absolute atomic E-state index is 0.451. The standard InChI is InChI=1S/C20H19F3N2O3/c1-25-11-24-17(12-5-7-14(8-6-12)20(21,22)23)18(25)13-9-15(26-2)19(28-4)16(10-13)27-3/h5-11H,1-4H3. The second kappa shape index (κ2) is 7.46. The summed E-state index contributed by atoms with van der Waals surface area (Å²) in [6, 6.07) is 8.45. The first-order valence-electron chi connectivity index (χ1n) is 8.29. The predicted molar refractivity (Wildman–Crippen MR) is 98.7 cm³/mol. The van der Waals surface area contributed by atoms with E-state index in [9.17, 15) is 13.2 Å². The van der Waals surface area contributed by atoms with Crippen LogP contribution < -0.4 is 14.2 Å². The zero-order chi connectivity index (χ0) is 20.5. The van der Waals surface area contributed by atoms with Gasteiger partial charge in [-0.05, 0) is 24.3 Å². The van der Waals surface area contributed by atoms with E-state index in [2.05, 4.69) is 4.98 Å². The number of alkyl halides is 3. The number of halogens is 3. The molecule has 0 bridgehead atoms. The summed E-state index contributed by atoms with van der Waals surface area (Å²) in [5.41, 5.74) is 1.84. The van der Waals surface area contributed by atoms with Crippen LogP contribution in [0.5, 0.6) is 17.2 Å². The Morgan fingerprint density at radius 3 is 1.89 bits per heavy atom. The van der Waals surface area contributed by atoms with Crippen molar-refractivity contribution in [2.75, 3.05) is 21.3 Å². The first-order valence-corrected chi connectivity index (χ1v) is 8.29. The molecule has 28 heavy (non-hydrogen) atoms. The zero-order valence-electron chi connectivity index (χ0n) is 15.8. The van der Waals surface area contributed by atoms with Crippen molar-refractivity contribution in [3.8, 4) is 39.8 Å². The fraction of sp³-hybridized carbons (Fsp3) is 0.250. The maximum absolute atomic E-state index is 12.8. The summed E-state index contributed by atoms with van der Waals surface area (Å²) in [5.74, 6) is 1.39. The lowest BCUT2D eigenvalue weighted by molar-refractivity contribution is -0.137. The van der Waals surface area contributed by atoms with Crippen molar-refractivity contribution in [2.24, 2.45) is 7.05 Å². The SMILES string of the molecule is COc1cc(-c2c(-c3ccc(C(F)(F)F)cc3)ncn2C)cc(OC)c1OC. The van der Waals surface area contributed by atoms with Crippen LogP contribution in [0.3, 0.4) is 0 Å². The second-order valence-corrected chi connectivity index (χ2v) is 6.04. The van der Waals surface area contributed by atoms with Gasteiger partial charge in [-0.3, -0.25) is 0 Å². The molecular weight excluding hydrogens is 373 g/mol. The van der Waals surface area contributed by atoms with Gasteiger partial charge in [-0.2, -0.15) is 13.2 Å². The van der Waals surface area contributed by atoms with Crippen molar-refractivity contribution < 1.29 is 27.4 Å². The molecule has 148 valence electrons. The number of aromatic nitrogens is 2. The van der Waals surface area contributed by atoms with Gasteiger partial charge in [-0.25, -0.2) is 4.98 Å². The molecule has 2 aromatic carbocycles. The molecule has 0 fully saturated rings. The van der Waals surface area contributed by atoms with Gasteiger partial charge in [-0.1, -0.05) is 12.1 Å². The largest absolute Gasteiger partial charge is 0.493 e. The lowest BCUT2D eigenvalue weighted by atomic mass is 10.0. The highest BCUT2D eigenvalue weighted by atomic mass is 19.4. The number of hydrogen-bond acceptors (Lipinski definition) is 4. The molecule has 0 saturated carbocycles. The van der Waals surface area contributed by atoms with Gasteiger partial charge in [0.1, 0.15) is 0 Å². The van der Waals surface area contributed by atoms with Gasteiger partial charge in [-0.15, -0.1) is 0 Å². The van der Waals surface area contributed by atoms with Crippen molar-refractivity contribution in [3.63, 3.8) is 0 Å². The normalized spacial score (nSPS) is 11.4. The number of rotatable bonds is 5. The lowest BCUT2D eigenvalue weighted by Gasteiger charge is -2.15. The minimum Gasteiger partial charge on any atom is -0.493 e. The van der Waals surface area contributed by atoms with Gasteiger partial charge >= 0.3 is 6.18 Å². The third-order valence-electron chi connectivity index (χ3n) is 4.36. The van der Waals surface area contributed by atoms with Gasteiger partial charge in [0.05, 0.1) is 44.6 Å². The number of hydrogen-bond donors (Lipinski definition) is 0. The molecule has 0 N–H and O–H groups in total. The van der Waals surface area contributed by atoms with E-state index in [1.165, 1.54) is 33.5 Å². The molecule has 0 aliphatic carbocycles. The first-order chi connectivity index (χ1) is 13.3. The summed E-state index contributed by atoms with van der Waals surface area (Å²) in [6.45, 7) is 0. The topological polar surface area (TPSA) is 45.5 Å². The molecule has 8 heteroatoms. The molecule has 0 spiro atoms. The summed E-state index contributed by atoms with van der Waals surface area (Å²) < 4.78 is 56.5. The van der Waals surface area contributed by atoms with E-state index in [1.807, 2.05) is 0 Å². The third-order valence-corrected chi connectivity index (χ3v) is 4.36. The van der Waals surface area contributed by atoms with Crippen molar-refractivity contribution in [3.05, 3.63) is 48.3 Å². The van der Waals surface area contributed by atoms with Crippen molar-refractivity contribution in [1.29, 1.82) is 0 Å². The van der Waals surface area contributed by atoms with Crippen LogP contribution >= 0.6 is 0 Å². The van der Waals surface area contributed by atoms with Crippen LogP contribution in [-0.4, -0.2) is 30.9 Å². The molecule has 3 aromatic rings. The Kier molecular flexibility index (Phi) is 5.22. The van der Waals surface area contributed by atoms with E-state index in [0.717, 1.165) is 17.7 Å². The second-order valence-electron chi connectivity index (χ2n) is 6.04. The molecule has 0 radical (unpaired) electrons. The lowest BCUT2D eigenvalue weighted by Crippen LogP contribution is -2.04. The van der Waals surface area contributed by atoms with Gasteiger partial charge in [0.2, 0.25) is 5.75 Å². The summed E-state index contributed by atoms with van der Waals surface area (Å²) in [5, 5.41) is 0. The van der Waals surface area contributed by atoms with Crippen LogP contribution in [0.15, 0.2) is 42.7 Å². The Balaban J connectivity index is 2.14. The van der Waals surface area contributed by atoms with Gasteiger partial charge in [0.15, 0.2) is 11.5 Å². The number of ether oxygens (including phenoxy) is 3. The van der Waals surface area contributed by atoms with Crippen LogP contribution in [0.2, 0.25) is 0 Å². The van der Waals surface area contributed by atoms with Crippen molar-refractivity contribution in [2.45, 2.75) is 6.18 Å². The van der Waals surface area contributed by atoms with E-state index < -0.39 is 11.7 Å². The van der Waals surface area contributed by atoms with Gasteiger partial charge in [0.25, 0.3) is 0 Å². The van der Waals surface area contributed by atoms with Gasteiger partial charge in [0, 0.05) is 18.2 Å². The van der Waals surface area contributed by atoms with E-state index in [4.69, 9.17) is 14.2 Å². The molecule has 1 heterocycles. The van der Waals surface area contributed by atoms with Gasteiger partial charge < -0.3 is 18.8 Å². The third kappa shape index (κ3) is 3.49. The molecule has 0 aliphatic heterocycles. The maximum atomic E-state index is 12.8. The predicted octanol–water partition coefficient (Wildman–Crippen LogP) is 4.80. The van der Waals surface area contributed by atoms with Crippen LogP contribution in [0.4, 0.5) is 13.2 Å². The first kappa shape index (κ1) is 19.6. The molecule has 1 aromatic heterocycles. The van der Waals surface area contributed by atoms with E-state index in [-0.39, 0.29) is 0 Å². The Labute approximate surface area is 160 Å². The summed E-state index contributed by atoms with van der Waals surface area (Å²) in [4.78, 5) is 4.38. The van der Waals surface area contributed by atoms with E-state index in [0.29, 0.717) is 34.2 Å². The summed E-state index contributed by atoms with van der Waals surface area (Å²) in [7, 11) is 6.35. The fourth-order valence-electron chi connectivity index (χ4n) is 3.02. The Hall–Kier alpha value is -3.16. The Bertz CT molecular complexity index is 954. The average molecular weight is 392 g/mol. The quantitative estimate of drug-likeness (QED) is 0.626. The Morgan fingerprint density at radius 1 is 0.857 bits per heavy atom.